The molecular formula is C15H21N3O2S. The van der Waals surface area contributed by atoms with Gasteiger partial charge in [0.15, 0.2) is 5.16 Å². The van der Waals surface area contributed by atoms with E-state index in [4.69, 9.17) is 5.11 Å². The Morgan fingerprint density at radius 3 is 2.81 bits per heavy atom. The van der Waals surface area contributed by atoms with Crippen LogP contribution < -0.4 is 0 Å². The SMILES string of the molecule is CC(C)N(C)CCn1c(SCC(=O)O)nc2ccccc21. The largest absolute Gasteiger partial charge is 0.481 e. The maximum atomic E-state index is 10.8. The average molecular weight is 307 g/mol. The maximum Gasteiger partial charge on any atom is 0.313 e. The van der Waals surface area contributed by atoms with Crippen molar-refractivity contribution in [2.45, 2.75) is 31.6 Å². The summed E-state index contributed by atoms with van der Waals surface area (Å²) in [5, 5.41) is 9.64. The molecule has 0 aliphatic rings. The van der Waals surface area contributed by atoms with Crippen LogP contribution in [0.25, 0.3) is 11.0 Å². The first-order valence-electron chi connectivity index (χ1n) is 6.99. The van der Waals surface area contributed by atoms with Crippen molar-refractivity contribution in [2.75, 3.05) is 19.3 Å². The summed E-state index contributed by atoms with van der Waals surface area (Å²) < 4.78 is 2.11. The summed E-state index contributed by atoms with van der Waals surface area (Å²) in [5.74, 6) is -0.790. The molecule has 0 saturated heterocycles. The zero-order chi connectivity index (χ0) is 15.4. The van der Waals surface area contributed by atoms with Gasteiger partial charge in [0.2, 0.25) is 0 Å². The molecule has 0 unspecified atom stereocenters. The number of hydrogen-bond acceptors (Lipinski definition) is 4. The van der Waals surface area contributed by atoms with Crippen molar-refractivity contribution in [3.8, 4) is 0 Å². The van der Waals surface area contributed by atoms with Gasteiger partial charge < -0.3 is 14.6 Å². The highest BCUT2D eigenvalue weighted by Gasteiger charge is 2.13. The fourth-order valence-corrected chi connectivity index (χ4v) is 2.78. The molecule has 6 heteroatoms. The molecular weight excluding hydrogens is 286 g/mol. The van der Waals surface area contributed by atoms with Gasteiger partial charge in [-0.25, -0.2) is 4.98 Å². The number of nitrogens with zero attached hydrogens (tertiary/aromatic N) is 3. The van der Waals surface area contributed by atoms with Crippen LogP contribution in [-0.4, -0.2) is 50.9 Å². The van der Waals surface area contributed by atoms with E-state index < -0.39 is 5.97 Å². The van der Waals surface area contributed by atoms with Gasteiger partial charge in [-0.1, -0.05) is 23.9 Å². The van der Waals surface area contributed by atoms with Crippen LogP contribution in [-0.2, 0) is 11.3 Å². The monoisotopic (exact) mass is 307 g/mol. The average Bonchev–Trinajstić information content (AvgIpc) is 2.80. The molecule has 0 bridgehead atoms. The fourth-order valence-electron chi connectivity index (χ4n) is 2.02. The lowest BCUT2D eigenvalue weighted by Crippen LogP contribution is -2.29. The smallest absolute Gasteiger partial charge is 0.313 e. The Hall–Kier alpha value is -1.53. The second kappa shape index (κ2) is 6.95. The molecule has 0 saturated carbocycles. The Morgan fingerprint density at radius 1 is 1.43 bits per heavy atom. The summed E-state index contributed by atoms with van der Waals surface area (Å²) >= 11 is 1.27. The molecule has 0 aliphatic carbocycles. The molecule has 0 radical (unpaired) electrons. The predicted octanol–water partition coefficient (Wildman–Crippen LogP) is 2.55. The molecule has 2 aromatic rings. The van der Waals surface area contributed by atoms with Gasteiger partial charge in [-0.2, -0.15) is 0 Å². The summed E-state index contributed by atoms with van der Waals surface area (Å²) in [6.07, 6.45) is 0. The summed E-state index contributed by atoms with van der Waals surface area (Å²) in [5.41, 5.74) is 1.97. The Morgan fingerprint density at radius 2 is 2.14 bits per heavy atom. The standard InChI is InChI=1S/C15H21N3O2S/c1-11(2)17(3)8-9-18-13-7-5-4-6-12(13)16-15(18)21-10-14(19)20/h4-7,11H,8-10H2,1-3H3,(H,19,20). The van der Waals surface area contributed by atoms with E-state index in [2.05, 4.69) is 35.3 Å². The number of carboxylic acids is 1. The zero-order valence-electron chi connectivity index (χ0n) is 12.6. The first-order valence-corrected chi connectivity index (χ1v) is 7.97. The summed E-state index contributed by atoms with van der Waals surface area (Å²) in [6, 6.07) is 8.41. The van der Waals surface area contributed by atoms with Crippen LogP contribution in [0.5, 0.6) is 0 Å². The van der Waals surface area contributed by atoms with Crippen LogP contribution in [0.3, 0.4) is 0 Å². The molecule has 0 atom stereocenters. The number of aliphatic carboxylic acids is 1. The molecule has 5 nitrogen and oxygen atoms in total. The predicted molar refractivity (Wildman–Crippen MR) is 85.9 cm³/mol. The van der Waals surface area contributed by atoms with Crippen LogP contribution >= 0.6 is 11.8 Å². The molecule has 0 spiro atoms. The van der Waals surface area contributed by atoms with Crippen LogP contribution in [0.4, 0.5) is 0 Å². The van der Waals surface area contributed by atoms with Gasteiger partial charge in [-0.05, 0) is 33.0 Å². The van der Waals surface area contributed by atoms with E-state index in [1.54, 1.807) is 0 Å². The highest BCUT2D eigenvalue weighted by Crippen LogP contribution is 2.24. The van der Waals surface area contributed by atoms with Crippen molar-refractivity contribution in [2.24, 2.45) is 0 Å². The van der Waals surface area contributed by atoms with Crippen LogP contribution in [0.1, 0.15) is 13.8 Å². The number of hydrogen-bond donors (Lipinski definition) is 1. The molecule has 0 amide bonds. The van der Waals surface area contributed by atoms with Gasteiger partial charge in [0.05, 0.1) is 16.8 Å². The van der Waals surface area contributed by atoms with E-state index in [0.717, 1.165) is 29.3 Å². The van der Waals surface area contributed by atoms with Crippen LogP contribution in [0.2, 0.25) is 0 Å². The van der Waals surface area contributed by atoms with Crippen LogP contribution in [0.15, 0.2) is 29.4 Å². The topological polar surface area (TPSA) is 58.4 Å². The van der Waals surface area contributed by atoms with Gasteiger partial charge in [0.1, 0.15) is 0 Å². The summed E-state index contributed by atoms with van der Waals surface area (Å²) in [4.78, 5) is 17.6. The highest BCUT2D eigenvalue weighted by atomic mass is 32.2. The lowest BCUT2D eigenvalue weighted by Gasteiger charge is -2.21. The number of para-hydroxylation sites is 2. The van der Waals surface area contributed by atoms with E-state index in [-0.39, 0.29) is 5.75 Å². The molecule has 0 fully saturated rings. The second-order valence-corrected chi connectivity index (χ2v) is 6.23. The number of likely N-dealkylation sites (N-methyl/N-ethyl adjacent to an activating group) is 1. The number of benzene rings is 1. The molecule has 1 aromatic carbocycles. The van der Waals surface area contributed by atoms with Gasteiger partial charge in [-0.15, -0.1) is 0 Å². The Bertz CT molecular complexity index is 624. The Kier molecular flexibility index (Phi) is 5.25. The minimum absolute atomic E-state index is 0.0311. The zero-order valence-corrected chi connectivity index (χ0v) is 13.4. The summed E-state index contributed by atoms with van der Waals surface area (Å²) in [6.45, 7) is 6.02. The Balaban J connectivity index is 2.24. The minimum atomic E-state index is -0.821. The second-order valence-electron chi connectivity index (χ2n) is 5.29. The molecule has 1 heterocycles. The quantitative estimate of drug-likeness (QED) is 0.797. The van der Waals surface area contributed by atoms with E-state index in [1.807, 2.05) is 24.3 Å². The molecule has 1 N–H and O–H groups in total. The first kappa shape index (κ1) is 15.9. The third kappa shape index (κ3) is 3.98. The van der Waals surface area contributed by atoms with Crippen molar-refractivity contribution < 1.29 is 9.90 Å². The number of aromatic nitrogens is 2. The first-order chi connectivity index (χ1) is 9.99. The molecule has 114 valence electrons. The highest BCUT2D eigenvalue weighted by molar-refractivity contribution is 7.99. The van der Waals surface area contributed by atoms with Gasteiger partial charge in [0, 0.05) is 19.1 Å². The molecule has 2 rings (SSSR count). The van der Waals surface area contributed by atoms with Crippen molar-refractivity contribution >= 4 is 28.8 Å². The minimum Gasteiger partial charge on any atom is -0.481 e. The van der Waals surface area contributed by atoms with Crippen molar-refractivity contribution in [1.82, 2.24) is 14.5 Å². The number of carboxylic acid groups (broad SMARTS) is 1. The maximum absolute atomic E-state index is 10.8. The fraction of sp³-hybridized carbons (Fsp3) is 0.467. The third-order valence-electron chi connectivity index (χ3n) is 3.50. The number of thioether (sulfide) groups is 1. The van der Waals surface area contributed by atoms with Crippen LogP contribution in [0, 0.1) is 0 Å². The number of rotatable bonds is 7. The molecule has 0 aliphatic heterocycles. The number of fused-ring (bicyclic) bond motifs is 1. The number of carbonyl (C=O) groups is 1. The van der Waals surface area contributed by atoms with E-state index in [0.29, 0.717) is 6.04 Å². The van der Waals surface area contributed by atoms with E-state index in [9.17, 15) is 4.79 Å². The van der Waals surface area contributed by atoms with Crippen molar-refractivity contribution in [1.29, 1.82) is 0 Å². The molecule has 1 aromatic heterocycles. The van der Waals surface area contributed by atoms with Gasteiger partial charge in [0.25, 0.3) is 0 Å². The third-order valence-corrected chi connectivity index (χ3v) is 4.46. The molecule has 21 heavy (non-hydrogen) atoms. The normalized spacial score (nSPS) is 11.7. The van der Waals surface area contributed by atoms with Crippen molar-refractivity contribution in [3.05, 3.63) is 24.3 Å². The lowest BCUT2D eigenvalue weighted by atomic mass is 10.3. The van der Waals surface area contributed by atoms with E-state index in [1.165, 1.54) is 11.8 Å². The van der Waals surface area contributed by atoms with Gasteiger partial charge >= 0.3 is 5.97 Å². The van der Waals surface area contributed by atoms with Crippen molar-refractivity contribution in [3.63, 3.8) is 0 Å². The van der Waals surface area contributed by atoms with E-state index >= 15 is 0 Å². The summed E-state index contributed by atoms with van der Waals surface area (Å²) in [7, 11) is 2.09. The van der Waals surface area contributed by atoms with Gasteiger partial charge in [-0.3, -0.25) is 4.79 Å². The lowest BCUT2D eigenvalue weighted by molar-refractivity contribution is -0.133. The Labute approximate surface area is 129 Å². The number of imidazole rings is 1.